The third kappa shape index (κ3) is 4.67. The fourth-order valence-corrected chi connectivity index (χ4v) is 1.56. The van der Waals surface area contributed by atoms with E-state index in [4.69, 9.17) is 0 Å². The maximum absolute atomic E-state index is 4.68. The Labute approximate surface area is 98.6 Å². The average Bonchev–Trinajstić information content (AvgIpc) is 2.14. The van der Waals surface area contributed by atoms with Crippen molar-refractivity contribution in [2.45, 2.75) is 32.7 Å². The molecular formula is C11H21ClN2O. The number of halogens is 1. The number of oxime groups is 1. The van der Waals surface area contributed by atoms with E-state index in [2.05, 4.69) is 41.7 Å². The highest BCUT2D eigenvalue weighted by Gasteiger charge is 2.23. The topological polar surface area (TPSA) is 24.8 Å². The van der Waals surface area contributed by atoms with Crippen LogP contribution in [0.4, 0.5) is 0 Å². The second kappa shape index (κ2) is 6.13. The summed E-state index contributed by atoms with van der Waals surface area (Å²) in [6.07, 6.45) is 5.13. The molecule has 0 aromatic carbocycles. The molecule has 0 aromatic heterocycles. The van der Waals surface area contributed by atoms with Crippen LogP contribution >= 0.6 is 12.4 Å². The minimum atomic E-state index is 0. The van der Waals surface area contributed by atoms with Gasteiger partial charge in [0.1, 0.15) is 7.11 Å². The van der Waals surface area contributed by atoms with Crippen LogP contribution in [0, 0.1) is 0 Å². The van der Waals surface area contributed by atoms with Crippen molar-refractivity contribution >= 4 is 18.6 Å². The lowest BCUT2D eigenvalue weighted by atomic mass is 10.0. The normalized spacial score (nSPS) is 18.5. The van der Waals surface area contributed by atoms with Crippen molar-refractivity contribution in [2.75, 3.05) is 20.2 Å². The summed E-state index contributed by atoms with van der Waals surface area (Å²) in [5, 5.41) is 3.79. The summed E-state index contributed by atoms with van der Waals surface area (Å²) in [4.78, 5) is 7.12. The van der Waals surface area contributed by atoms with E-state index < -0.39 is 0 Å². The van der Waals surface area contributed by atoms with Gasteiger partial charge in [-0.1, -0.05) is 11.2 Å². The summed E-state index contributed by atoms with van der Waals surface area (Å²) in [6.45, 7) is 8.82. The molecule has 1 heterocycles. The lowest BCUT2D eigenvalue weighted by molar-refractivity contribution is 0.148. The quantitative estimate of drug-likeness (QED) is 0.540. The lowest BCUT2D eigenvalue weighted by Gasteiger charge is -2.37. The van der Waals surface area contributed by atoms with Crippen molar-refractivity contribution < 1.29 is 4.84 Å². The lowest BCUT2D eigenvalue weighted by Crippen LogP contribution is -2.44. The van der Waals surface area contributed by atoms with Crippen molar-refractivity contribution in [3.8, 4) is 0 Å². The zero-order valence-corrected chi connectivity index (χ0v) is 10.8. The second-order valence-electron chi connectivity index (χ2n) is 4.58. The first-order valence-corrected chi connectivity index (χ1v) is 5.04. The highest BCUT2D eigenvalue weighted by Crippen LogP contribution is 2.18. The minimum absolute atomic E-state index is 0. The van der Waals surface area contributed by atoms with Gasteiger partial charge in [0, 0.05) is 18.6 Å². The van der Waals surface area contributed by atoms with Gasteiger partial charge in [-0.3, -0.25) is 4.90 Å². The van der Waals surface area contributed by atoms with Crippen LogP contribution in [0.2, 0.25) is 0 Å². The number of hydrogen-bond acceptors (Lipinski definition) is 3. The van der Waals surface area contributed by atoms with Gasteiger partial charge >= 0.3 is 0 Å². The molecule has 1 aliphatic rings. The summed E-state index contributed by atoms with van der Waals surface area (Å²) >= 11 is 0. The van der Waals surface area contributed by atoms with E-state index in [1.807, 2.05) is 0 Å². The van der Waals surface area contributed by atoms with E-state index in [1.165, 1.54) is 5.57 Å². The summed E-state index contributed by atoms with van der Waals surface area (Å²) in [5.41, 5.74) is 1.48. The van der Waals surface area contributed by atoms with E-state index in [0.29, 0.717) is 0 Å². The van der Waals surface area contributed by atoms with E-state index in [9.17, 15) is 0 Å². The van der Waals surface area contributed by atoms with Gasteiger partial charge in [-0.05, 0) is 32.8 Å². The number of hydrogen-bond donors (Lipinski definition) is 0. The number of nitrogens with zero attached hydrogens (tertiary/aromatic N) is 2. The van der Waals surface area contributed by atoms with E-state index in [1.54, 1.807) is 13.3 Å². The van der Waals surface area contributed by atoms with Gasteiger partial charge in [0.15, 0.2) is 0 Å². The molecule has 88 valence electrons. The zero-order chi connectivity index (χ0) is 10.6. The highest BCUT2D eigenvalue weighted by molar-refractivity contribution is 5.85. The van der Waals surface area contributed by atoms with Crippen molar-refractivity contribution in [1.82, 2.24) is 4.90 Å². The fourth-order valence-electron chi connectivity index (χ4n) is 1.56. The third-order valence-corrected chi connectivity index (χ3v) is 2.45. The average molecular weight is 233 g/mol. The van der Waals surface area contributed by atoms with Gasteiger partial charge in [-0.2, -0.15) is 0 Å². The van der Waals surface area contributed by atoms with Crippen LogP contribution in [0.1, 0.15) is 27.2 Å². The smallest absolute Gasteiger partial charge is 0.106 e. The Morgan fingerprint density at radius 2 is 2.13 bits per heavy atom. The van der Waals surface area contributed by atoms with Crippen LogP contribution in [0.5, 0.6) is 0 Å². The minimum Gasteiger partial charge on any atom is -0.399 e. The van der Waals surface area contributed by atoms with Crippen LogP contribution in [0.25, 0.3) is 0 Å². The molecule has 0 N–H and O–H groups in total. The summed E-state index contributed by atoms with van der Waals surface area (Å²) in [6, 6.07) is 0. The molecule has 0 radical (unpaired) electrons. The monoisotopic (exact) mass is 232 g/mol. The van der Waals surface area contributed by atoms with Gasteiger partial charge in [-0.25, -0.2) is 0 Å². The van der Waals surface area contributed by atoms with E-state index in [0.717, 1.165) is 19.5 Å². The Bertz CT molecular complexity index is 243. The third-order valence-electron chi connectivity index (χ3n) is 2.45. The Balaban J connectivity index is 0.00000196. The molecule has 0 bridgehead atoms. The predicted octanol–water partition coefficient (Wildman–Crippen LogP) is 2.47. The van der Waals surface area contributed by atoms with Crippen LogP contribution < -0.4 is 0 Å². The Morgan fingerprint density at radius 3 is 2.67 bits per heavy atom. The van der Waals surface area contributed by atoms with E-state index in [-0.39, 0.29) is 17.9 Å². The molecule has 15 heavy (non-hydrogen) atoms. The molecule has 1 rings (SSSR count). The standard InChI is InChI=1S/C11H20N2O.ClH/c1-11(2,3)13-7-5-6-10(9-13)8-12-14-4;/h6,8H,5,7,9H2,1-4H3;1H/b12-8+;. The molecule has 0 unspecified atom stereocenters. The molecular weight excluding hydrogens is 212 g/mol. The molecule has 0 spiro atoms. The molecule has 4 heteroatoms. The molecule has 0 aromatic rings. The van der Waals surface area contributed by atoms with Crippen LogP contribution in [0.15, 0.2) is 16.8 Å². The van der Waals surface area contributed by atoms with Crippen LogP contribution in [-0.4, -0.2) is 36.9 Å². The van der Waals surface area contributed by atoms with Crippen LogP contribution in [0.3, 0.4) is 0 Å². The first-order valence-electron chi connectivity index (χ1n) is 5.04. The molecule has 0 amide bonds. The SMILES string of the molecule is CO/N=C/C1=CCCN(C(C)(C)C)C1.Cl. The Kier molecular flexibility index (Phi) is 5.91. The summed E-state index contributed by atoms with van der Waals surface area (Å²) in [7, 11) is 1.57. The molecule has 3 nitrogen and oxygen atoms in total. The van der Waals surface area contributed by atoms with Crippen molar-refractivity contribution in [1.29, 1.82) is 0 Å². The molecule has 0 saturated heterocycles. The first kappa shape index (κ1) is 14.5. The van der Waals surface area contributed by atoms with Crippen molar-refractivity contribution in [2.24, 2.45) is 5.16 Å². The van der Waals surface area contributed by atoms with Crippen LogP contribution in [-0.2, 0) is 4.84 Å². The van der Waals surface area contributed by atoms with Gasteiger partial charge < -0.3 is 4.84 Å². The zero-order valence-electron chi connectivity index (χ0n) is 9.99. The van der Waals surface area contributed by atoms with E-state index >= 15 is 0 Å². The molecule has 1 aliphatic heterocycles. The van der Waals surface area contributed by atoms with Gasteiger partial charge in [-0.15, -0.1) is 12.4 Å². The largest absolute Gasteiger partial charge is 0.399 e. The summed E-state index contributed by atoms with van der Waals surface area (Å²) in [5.74, 6) is 0. The van der Waals surface area contributed by atoms with Gasteiger partial charge in [0.2, 0.25) is 0 Å². The molecule has 0 aliphatic carbocycles. The van der Waals surface area contributed by atoms with Crippen molar-refractivity contribution in [3.63, 3.8) is 0 Å². The maximum atomic E-state index is 4.68. The van der Waals surface area contributed by atoms with Gasteiger partial charge in [0.25, 0.3) is 0 Å². The number of rotatable bonds is 2. The Morgan fingerprint density at radius 1 is 1.47 bits per heavy atom. The molecule has 0 atom stereocenters. The fraction of sp³-hybridized carbons (Fsp3) is 0.727. The summed E-state index contributed by atoms with van der Waals surface area (Å²) < 4.78 is 0. The first-order chi connectivity index (χ1) is 6.54. The maximum Gasteiger partial charge on any atom is 0.106 e. The molecule has 0 saturated carbocycles. The Hall–Kier alpha value is -0.540. The molecule has 0 fully saturated rings. The predicted molar refractivity (Wildman–Crippen MR) is 66.8 cm³/mol. The second-order valence-corrected chi connectivity index (χ2v) is 4.58. The van der Waals surface area contributed by atoms with Crippen molar-refractivity contribution in [3.05, 3.63) is 11.6 Å². The van der Waals surface area contributed by atoms with Gasteiger partial charge in [0.05, 0.1) is 6.21 Å². The highest BCUT2D eigenvalue weighted by atomic mass is 35.5.